The molecule has 2 N–H and O–H groups in total. The van der Waals surface area contributed by atoms with E-state index >= 15 is 0 Å². The van der Waals surface area contributed by atoms with Gasteiger partial charge in [0.2, 0.25) is 0 Å². The van der Waals surface area contributed by atoms with Crippen LogP contribution in [0.5, 0.6) is 0 Å². The summed E-state index contributed by atoms with van der Waals surface area (Å²) in [5.74, 6) is -2.71. The van der Waals surface area contributed by atoms with E-state index in [4.69, 9.17) is 14.9 Å². The van der Waals surface area contributed by atoms with Gasteiger partial charge in [-0.3, -0.25) is 0 Å². The molecular formula is C10H15F3O4. The molecule has 1 aliphatic carbocycles. The van der Waals surface area contributed by atoms with Crippen LogP contribution in [0.25, 0.3) is 0 Å². The molecule has 0 aliphatic heterocycles. The fourth-order valence-corrected chi connectivity index (χ4v) is 2.07. The molecule has 0 unspecified atom stereocenters. The first-order chi connectivity index (χ1) is 7.82. The van der Waals surface area contributed by atoms with Gasteiger partial charge in [0.15, 0.2) is 5.60 Å². The molecule has 0 saturated heterocycles. The summed E-state index contributed by atoms with van der Waals surface area (Å²) < 4.78 is 42.3. The number of aliphatic hydroxyl groups is 1. The van der Waals surface area contributed by atoms with Crippen LogP contribution in [0.15, 0.2) is 0 Å². The Morgan fingerprint density at radius 2 is 1.88 bits per heavy atom. The highest BCUT2D eigenvalue weighted by Gasteiger charge is 2.49. The number of aliphatic carboxylic acids is 1. The molecule has 4 nitrogen and oxygen atoms in total. The Balaban J connectivity index is 2.64. The summed E-state index contributed by atoms with van der Waals surface area (Å²) >= 11 is 0. The summed E-state index contributed by atoms with van der Waals surface area (Å²) in [6.45, 7) is -0.527. The van der Waals surface area contributed by atoms with Gasteiger partial charge in [-0.1, -0.05) is 0 Å². The minimum Gasteiger partial charge on any atom is -0.479 e. The van der Waals surface area contributed by atoms with E-state index in [1.54, 1.807) is 0 Å². The number of ether oxygens (including phenoxy) is 1. The van der Waals surface area contributed by atoms with E-state index in [0.717, 1.165) is 0 Å². The van der Waals surface area contributed by atoms with Crippen LogP contribution in [0, 0.1) is 5.92 Å². The van der Waals surface area contributed by atoms with Crippen molar-refractivity contribution >= 4 is 5.97 Å². The van der Waals surface area contributed by atoms with E-state index in [1.807, 2.05) is 0 Å². The lowest BCUT2D eigenvalue weighted by Gasteiger charge is -2.37. The van der Waals surface area contributed by atoms with Gasteiger partial charge in [-0.15, -0.1) is 0 Å². The molecule has 0 aromatic rings. The van der Waals surface area contributed by atoms with Crippen molar-refractivity contribution in [2.24, 2.45) is 5.92 Å². The number of halogens is 3. The molecule has 100 valence electrons. The maximum absolute atomic E-state index is 12.4. The molecule has 0 radical (unpaired) electrons. The third-order valence-electron chi connectivity index (χ3n) is 3.12. The van der Waals surface area contributed by atoms with Gasteiger partial charge in [0.25, 0.3) is 0 Å². The summed E-state index contributed by atoms with van der Waals surface area (Å²) in [4.78, 5) is 11.1. The molecule has 1 saturated carbocycles. The van der Waals surface area contributed by atoms with Crippen molar-refractivity contribution in [3.8, 4) is 0 Å². The Morgan fingerprint density at radius 3 is 2.24 bits per heavy atom. The third-order valence-corrected chi connectivity index (χ3v) is 3.12. The van der Waals surface area contributed by atoms with Crippen molar-refractivity contribution in [1.82, 2.24) is 0 Å². The second kappa shape index (κ2) is 5.22. The van der Waals surface area contributed by atoms with Crippen molar-refractivity contribution in [1.29, 1.82) is 0 Å². The number of carboxylic acid groups (broad SMARTS) is 1. The number of aliphatic hydroxyl groups excluding tert-OH is 1. The molecule has 1 aliphatic rings. The lowest BCUT2D eigenvalue weighted by molar-refractivity contribution is -0.205. The number of hydrogen-bond donors (Lipinski definition) is 2. The fourth-order valence-electron chi connectivity index (χ4n) is 2.07. The molecule has 0 bridgehead atoms. The van der Waals surface area contributed by atoms with E-state index in [2.05, 4.69) is 0 Å². The Labute approximate surface area is 96.4 Å². The number of rotatable bonds is 4. The van der Waals surface area contributed by atoms with Gasteiger partial charge in [-0.2, -0.15) is 13.2 Å². The van der Waals surface area contributed by atoms with Gasteiger partial charge < -0.3 is 14.9 Å². The van der Waals surface area contributed by atoms with Gasteiger partial charge in [0, 0.05) is 0 Å². The molecule has 0 spiro atoms. The average molecular weight is 256 g/mol. The van der Waals surface area contributed by atoms with Crippen molar-refractivity contribution < 1.29 is 32.9 Å². The second-order valence-electron chi connectivity index (χ2n) is 4.19. The van der Waals surface area contributed by atoms with Crippen LogP contribution >= 0.6 is 0 Å². The Hall–Kier alpha value is -0.820. The van der Waals surface area contributed by atoms with Crippen LogP contribution in [0.3, 0.4) is 0 Å². The lowest BCUT2D eigenvalue weighted by atomic mass is 9.78. The molecule has 0 aromatic carbocycles. The zero-order valence-corrected chi connectivity index (χ0v) is 9.16. The normalized spacial score (nSPS) is 30.2. The predicted octanol–water partition coefficient (Wildman–Crippen LogP) is 1.57. The largest absolute Gasteiger partial charge is 0.479 e. The van der Waals surface area contributed by atoms with Crippen LogP contribution in [0.4, 0.5) is 13.2 Å². The first-order valence-corrected chi connectivity index (χ1v) is 5.37. The minimum atomic E-state index is -4.28. The Kier molecular flexibility index (Phi) is 4.37. The van der Waals surface area contributed by atoms with Crippen molar-refractivity contribution in [2.75, 3.05) is 13.2 Å². The van der Waals surface area contributed by atoms with E-state index < -0.39 is 23.7 Å². The lowest BCUT2D eigenvalue weighted by Crippen LogP contribution is -2.47. The van der Waals surface area contributed by atoms with Crippen LogP contribution < -0.4 is 0 Å². The first kappa shape index (κ1) is 14.2. The summed E-state index contributed by atoms with van der Waals surface area (Å²) in [7, 11) is 0. The van der Waals surface area contributed by atoms with Gasteiger partial charge in [0.05, 0.1) is 19.1 Å². The van der Waals surface area contributed by atoms with Gasteiger partial charge >= 0.3 is 12.1 Å². The van der Waals surface area contributed by atoms with E-state index in [1.165, 1.54) is 0 Å². The smallest absolute Gasteiger partial charge is 0.391 e. The highest BCUT2D eigenvalue weighted by Crippen LogP contribution is 2.42. The molecule has 17 heavy (non-hydrogen) atoms. The Bertz CT molecular complexity index is 269. The molecule has 0 aromatic heterocycles. The monoisotopic (exact) mass is 256 g/mol. The van der Waals surface area contributed by atoms with Crippen molar-refractivity contribution in [3.63, 3.8) is 0 Å². The number of alkyl halides is 3. The average Bonchev–Trinajstić information content (AvgIpc) is 2.25. The van der Waals surface area contributed by atoms with Gasteiger partial charge in [-0.25, -0.2) is 4.79 Å². The predicted molar refractivity (Wildman–Crippen MR) is 51.4 cm³/mol. The molecule has 0 atom stereocenters. The summed E-state index contributed by atoms with van der Waals surface area (Å²) in [5, 5.41) is 17.6. The number of hydrogen-bond acceptors (Lipinski definition) is 3. The van der Waals surface area contributed by atoms with Crippen LogP contribution in [-0.4, -0.2) is 41.2 Å². The third kappa shape index (κ3) is 3.32. The second-order valence-corrected chi connectivity index (χ2v) is 4.19. The van der Waals surface area contributed by atoms with Gasteiger partial charge in [0.1, 0.15) is 0 Å². The maximum atomic E-state index is 12.4. The fraction of sp³-hybridized carbons (Fsp3) is 0.900. The van der Waals surface area contributed by atoms with E-state index in [-0.39, 0.29) is 38.9 Å². The minimum absolute atomic E-state index is 0.174. The molecule has 0 heterocycles. The van der Waals surface area contributed by atoms with E-state index in [9.17, 15) is 18.0 Å². The number of carboxylic acids is 1. The van der Waals surface area contributed by atoms with Crippen molar-refractivity contribution in [2.45, 2.75) is 37.5 Å². The zero-order chi connectivity index (χ0) is 13.1. The highest BCUT2D eigenvalue weighted by atomic mass is 19.4. The summed E-state index contributed by atoms with van der Waals surface area (Å²) in [6, 6.07) is 0. The number of carbonyl (C=O) groups is 1. The van der Waals surface area contributed by atoms with Crippen LogP contribution in [0.1, 0.15) is 25.7 Å². The first-order valence-electron chi connectivity index (χ1n) is 5.37. The van der Waals surface area contributed by atoms with Crippen LogP contribution in [0.2, 0.25) is 0 Å². The van der Waals surface area contributed by atoms with E-state index in [0.29, 0.717) is 0 Å². The molecule has 7 heteroatoms. The summed E-state index contributed by atoms with van der Waals surface area (Å²) in [6.07, 6.45) is -5.12. The topological polar surface area (TPSA) is 66.8 Å². The molecular weight excluding hydrogens is 241 g/mol. The quantitative estimate of drug-likeness (QED) is 0.801. The standard InChI is InChI=1S/C10H15F3O4/c11-10(12,13)7-1-3-9(4-2-7,8(15)16)17-6-5-14/h7,14H,1-6H2,(H,15,16). The Morgan fingerprint density at radius 1 is 1.35 bits per heavy atom. The SMILES string of the molecule is O=C(O)C1(OCCO)CCC(C(F)(F)F)CC1. The molecule has 1 fully saturated rings. The summed E-state index contributed by atoms with van der Waals surface area (Å²) in [5.41, 5.74) is -1.56. The maximum Gasteiger partial charge on any atom is 0.391 e. The highest BCUT2D eigenvalue weighted by molar-refractivity contribution is 5.77. The van der Waals surface area contributed by atoms with Crippen LogP contribution in [-0.2, 0) is 9.53 Å². The molecule has 0 amide bonds. The van der Waals surface area contributed by atoms with Crippen molar-refractivity contribution in [3.05, 3.63) is 0 Å². The zero-order valence-electron chi connectivity index (χ0n) is 9.16. The molecule has 1 rings (SSSR count). The van der Waals surface area contributed by atoms with Gasteiger partial charge in [-0.05, 0) is 25.7 Å².